The highest BCUT2D eigenvalue weighted by atomic mass is 15.2. The third-order valence-corrected chi connectivity index (χ3v) is 4.04. The van der Waals surface area contributed by atoms with Gasteiger partial charge in [-0.2, -0.15) is 0 Å². The Morgan fingerprint density at radius 2 is 1.86 bits per heavy atom. The Kier molecular flexibility index (Phi) is 3.45. The van der Waals surface area contributed by atoms with E-state index in [1.807, 2.05) is 0 Å². The molecular formula is C12H24N2. The van der Waals surface area contributed by atoms with Gasteiger partial charge < -0.3 is 5.73 Å². The molecule has 0 aromatic heterocycles. The number of fused-ring (bicyclic) bond motifs is 2. The first-order chi connectivity index (χ1) is 6.85. The monoisotopic (exact) mass is 196 g/mol. The minimum Gasteiger partial charge on any atom is -0.330 e. The third kappa shape index (κ3) is 1.96. The fourth-order valence-electron chi connectivity index (χ4n) is 3.41. The molecule has 2 heteroatoms. The Labute approximate surface area is 87.8 Å². The van der Waals surface area contributed by atoms with Crippen LogP contribution in [0.1, 0.15) is 45.4 Å². The Bertz CT molecular complexity index is 167. The highest BCUT2D eigenvalue weighted by molar-refractivity contribution is 4.92. The van der Waals surface area contributed by atoms with Crippen molar-refractivity contribution in [3.8, 4) is 0 Å². The van der Waals surface area contributed by atoms with Crippen LogP contribution in [0.3, 0.4) is 0 Å². The lowest BCUT2D eigenvalue weighted by Gasteiger charge is -2.49. The van der Waals surface area contributed by atoms with Crippen LogP contribution in [0, 0.1) is 5.92 Å². The molecule has 82 valence electrons. The fraction of sp³-hybridized carbons (Fsp3) is 1.00. The third-order valence-electron chi connectivity index (χ3n) is 4.04. The number of nitrogens with zero attached hydrogens (tertiary/aromatic N) is 1. The average molecular weight is 196 g/mol. The largest absolute Gasteiger partial charge is 0.330 e. The Hall–Kier alpha value is -0.0800. The van der Waals surface area contributed by atoms with Gasteiger partial charge in [-0.1, -0.05) is 13.3 Å². The molecule has 2 atom stereocenters. The van der Waals surface area contributed by atoms with E-state index in [9.17, 15) is 0 Å². The fourth-order valence-corrected chi connectivity index (χ4v) is 3.41. The maximum Gasteiger partial charge on any atom is 0.0101 e. The molecule has 2 bridgehead atoms. The van der Waals surface area contributed by atoms with Gasteiger partial charge in [0.25, 0.3) is 0 Å². The minimum absolute atomic E-state index is 0.818. The molecule has 2 fully saturated rings. The highest BCUT2D eigenvalue weighted by Gasteiger charge is 2.36. The van der Waals surface area contributed by atoms with Crippen molar-refractivity contribution in [2.75, 3.05) is 13.1 Å². The van der Waals surface area contributed by atoms with E-state index in [0.29, 0.717) is 0 Å². The van der Waals surface area contributed by atoms with Gasteiger partial charge in [-0.05, 0) is 51.1 Å². The van der Waals surface area contributed by atoms with Gasteiger partial charge in [0.1, 0.15) is 0 Å². The number of hydrogen-bond acceptors (Lipinski definition) is 2. The van der Waals surface area contributed by atoms with Crippen LogP contribution in [0.2, 0.25) is 0 Å². The Morgan fingerprint density at radius 3 is 2.36 bits per heavy atom. The van der Waals surface area contributed by atoms with Crippen LogP contribution in [0.5, 0.6) is 0 Å². The van der Waals surface area contributed by atoms with E-state index in [-0.39, 0.29) is 0 Å². The van der Waals surface area contributed by atoms with Crippen LogP contribution in [0.4, 0.5) is 0 Å². The van der Waals surface area contributed by atoms with E-state index >= 15 is 0 Å². The van der Waals surface area contributed by atoms with Gasteiger partial charge in [-0.3, -0.25) is 4.90 Å². The first-order valence-corrected chi connectivity index (χ1v) is 6.31. The van der Waals surface area contributed by atoms with E-state index in [0.717, 1.165) is 24.5 Å². The lowest BCUT2D eigenvalue weighted by atomic mass is 9.78. The molecule has 0 aliphatic carbocycles. The number of piperidine rings is 2. The van der Waals surface area contributed by atoms with Crippen molar-refractivity contribution in [2.45, 2.75) is 57.5 Å². The second kappa shape index (κ2) is 4.63. The van der Waals surface area contributed by atoms with Crippen molar-refractivity contribution >= 4 is 0 Å². The molecule has 2 aliphatic heterocycles. The molecule has 0 amide bonds. The number of nitrogens with two attached hydrogens (primary N) is 1. The zero-order valence-electron chi connectivity index (χ0n) is 9.41. The Balaban J connectivity index is 1.99. The van der Waals surface area contributed by atoms with Crippen LogP contribution >= 0.6 is 0 Å². The van der Waals surface area contributed by atoms with E-state index in [4.69, 9.17) is 5.73 Å². The summed E-state index contributed by atoms with van der Waals surface area (Å²) in [5, 5.41) is 0. The molecule has 2 N–H and O–H groups in total. The minimum atomic E-state index is 0.818. The first kappa shape index (κ1) is 10.4. The second-order valence-corrected chi connectivity index (χ2v) is 5.05. The summed E-state index contributed by atoms with van der Waals surface area (Å²) in [5.74, 6) is 0.818. The normalized spacial score (nSPS) is 38.6. The average Bonchev–Trinajstić information content (AvgIpc) is 2.17. The molecule has 0 aromatic rings. The van der Waals surface area contributed by atoms with Crippen molar-refractivity contribution in [3.05, 3.63) is 0 Å². The summed E-state index contributed by atoms with van der Waals surface area (Å²) >= 11 is 0. The van der Waals surface area contributed by atoms with E-state index in [1.54, 1.807) is 0 Å². The molecule has 0 radical (unpaired) electrons. The van der Waals surface area contributed by atoms with Crippen LogP contribution in [0.25, 0.3) is 0 Å². The number of hydrogen-bond donors (Lipinski definition) is 1. The molecule has 2 rings (SSSR count). The predicted molar refractivity (Wildman–Crippen MR) is 60.2 cm³/mol. The van der Waals surface area contributed by atoms with Crippen molar-refractivity contribution < 1.29 is 0 Å². The lowest BCUT2D eigenvalue weighted by molar-refractivity contribution is 0.0159. The van der Waals surface area contributed by atoms with Crippen molar-refractivity contribution in [2.24, 2.45) is 11.7 Å². The van der Waals surface area contributed by atoms with Crippen LogP contribution in [0.15, 0.2) is 0 Å². The van der Waals surface area contributed by atoms with Gasteiger partial charge in [-0.15, -0.1) is 0 Å². The van der Waals surface area contributed by atoms with Gasteiger partial charge >= 0.3 is 0 Å². The quantitative estimate of drug-likeness (QED) is 0.748. The zero-order valence-corrected chi connectivity index (χ0v) is 9.41. The summed E-state index contributed by atoms with van der Waals surface area (Å²) in [6.45, 7) is 4.52. The Morgan fingerprint density at radius 1 is 1.21 bits per heavy atom. The summed E-state index contributed by atoms with van der Waals surface area (Å²) in [6, 6.07) is 1.74. The number of rotatable bonds is 3. The molecule has 0 spiro atoms. The van der Waals surface area contributed by atoms with Gasteiger partial charge in [0, 0.05) is 12.1 Å². The second-order valence-electron chi connectivity index (χ2n) is 5.05. The predicted octanol–water partition coefficient (Wildman–Crippen LogP) is 1.99. The maximum atomic E-state index is 5.81. The lowest BCUT2D eigenvalue weighted by Crippen LogP contribution is -2.53. The topological polar surface area (TPSA) is 29.3 Å². The summed E-state index contributed by atoms with van der Waals surface area (Å²) < 4.78 is 0. The molecule has 2 nitrogen and oxygen atoms in total. The van der Waals surface area contributed by atoms with Crippen molar-refractivity contribution in [1.82, 2.24) is 4.90 Å². The van der Waals surface area contributed by atoms with Gasteiger partial charge in [-0.25, -0.2) is 0 Å². The SMILES string of the molecule is CCCN1C2CCCC1CC(CN)C2. The van der Waals surface area contributed by atoms with Crippen molar-refractivity contribution in [1.29, 1.82) is 0 Å². The molecule has 2 aliphatic rings. The highest BCUT2D eigenvalue weighted by Crippen LogP contribution is 2.36. The van der Waals surface area contributed by atoms with Crippen molar-refractivity contribution in [3.63, 3.8) is 0 Å². The molecular weight excluding hydrogens is 172 g/mol. The standard InChI is InChI=1S/C12H24N2/c1-2-6-14-11-4-3-5-12(14)8-10(7-11)9-13/h10-12H,2-9,13H2,1H3. The summed E-state index contributed by atoms with van der Waals surface area (Å²) in [4.78, 5) is 2.77. The smallest absolute Gasteiger partial charge is 0.0101 e. The summed E-state index contributed by atoms with van der Waals surface area (Å²) in [7, 11) is 0. The molecule has 0 saturated carbocycles. The van der Waals surface area contributed by atoms with Crippen LogP contribution < -0.4 is 5.73 Å². The van der Waals surface area contributed by atoms with Crippen LogP contribution in [-0.2, 0) is 0 Å². The maximum absolute atomic E-state index is 5.81. The van der Waals surface area contributed by atoms with E-state index in [2.05, 4.69) is 11.8 Å². The summed E-state index contributed by atoms with van der Waals surface area (Å²) in [5.41, 5.74) is 5.81. The van der Waals surface area contributed by atoms with Gasteiger partial charge in [0.15, 0.2) is 0 Å². The molecule has 2 heterocycles. The van der Waals surface area contributed by atoms with E-state index in [1.165, 1.54) is 45.1 Å². The zero-order chi connectivity index (χ0) is 9.97. The van der Waals surface area contributed by atoms with Gasteiger partial charge in [0.05, 0.1) is 0 Å². The first-order valence-electron chi connectivity index (χ1n) is 6.31. The molecule has 14 heavy (non-hydrogen) atoms. The van der Waals surface area contributed by atoms with E-state index < -0.39 is 0 Å². The molecule has 2 unspecified atom stereocenters. The van der Waals surface area contributed by atoms with Crippen LogP contribution in [-0.4, -0.2) is 30.1 Å². The summed E-state index contributed by atoms with van der Waals surface area (Å²) in [6.07, 6.45) is 8.34. The molecule has 0 aromatic carbocycles. The molecule has 2 saturated heterocycles. The van der Waals surface area contributed by atoms with Gasteiger partial charge in [0.2, 0.25) is 0 Å².